The summed E-state index contributed by atoms with van der Waals surface area (Å²) >= 11 is 5.87. The maximum absolute atomic E-state index is 12.2. The third-order valence-electron chi connectivity index (χ3n) is 3.41. The fourth-order valence-electron chi connectivity index (χ4n) is 2.48. The molecule has 0 aliphatic rings. The molecule has 0 aliphatic heterocycles. The zero-order chi connectivity index (χ0) is 15.6. The fourth-order valence-corrected chi connectivity index (χ4v) is 2.65. The predicted octanol–water partition coefficient (Wildman–Crippen LogP) is 2.89. The smallest absolute Gasteiger partial charge is 0.329 e. The molecule has 0 fully saturated rings. The Kier molecular flexibility index (Phi) is 4.83. The van der Waals surface area contributed by atoms with Crippen molar-refractivity contribution >= 4 is 28.7 Å². The number of hydrogen-bond acceptors (Lipinski definition) is 4. The number of halogens is 1. The van der Waals surface area contributed by atoms with Crippen LogP contribution in [0.2, 0.25) is 0 Å². The van der Waals surface area contributed by atoms with Gasteiger partial charge in [-0.2, -0.15) is 0 Å². The molecule has 0 spiro atoms. The Bertz CT molecular complexity index is 652. The number of esters is 1. The number of nitrogens with zero attached hydrogens (tertiary/aromatic N) is 3. The van der Waals surface area contributed by atoms with Crippen LogP contribution in [0.25, 0.3) is 11.2 Å². The van der Waals surface area contributed by atoms with Gasteiger partial charge in [-0.3, -0.25) is 4.57 Å². The number of alkyl halides is 1. The van der Waals surface area contributed by atoms with Gasteiger partial charge >= 0.3 is 5.97 Å². The second-order valence-electron chi connectivity index (χ2n) is 5.40. The largest absolute Gasteiger partial charge is 0.467 e. The summed E-state index contributed by atoms with van der Waals surface area (Å²) in [5.41, 5.74) is 2.51. The maximum atomic E-state index is 12.2. The van der Waals surface area contributed by atoms with Gasteiger partial charge in [-0.05, 0) is 24.5 Å². The number of carbonyl (C=O) groups is 1. The molecule has 2 rings (SSSR count). The minimum atomic E-state index is -0.451. The van der Waals surface area contributed by atoms with Crippen molar-refractivity contribution in [2.45, 2.75) is 33.2 Å². The van der Waals surface area contributed by atoms with Crippen LogP contribution in [-0.4, -0.2) is 33.5 Å². The minimum Gasteiger partial charge on any atom is -0.467 e. The lowest BCUT2D eigenvalue weighted by Gasteiger charge is -2.22. The molecule has 0 bridgehead atoms. The molecule has 2 heterocycles. The van der Waals surface area contributed by atoms with Crippen molar-refractivity contribution in [3.8, 4) is 0 Å². The van der Waals surface area contributed by atoms with Crippen LogP contribution in [0.1, 0.15) is 31.3 Å². The summed E-state index contributed by atoms with van der Waals surface area (Å²) in [4.78, 5) is 21.2. The first-order valence-corrected chi connectivity index (χ1v) is 7.50. The zero-order valence-electron chi connectivity index (χ0n) is 12.8. The third kappa shape index (κ3) is 3.02. The number of pyridine rings is 1. The van der Waals surface area contributed by atoms with E-state index in [0.29, 0.717) is 17.9 Å². The van der Waals surface area contributed by atoms with E-state index in [9.17, 15) is 4.79 Å². The van der Waals surface area contributed by atoms with Crippen molar-refractivity contribution in [1.82, 2.24) is 14.5 Å². The number of rotatable bonds is 5. The van der Waals surface area contributed by atoms with E-state index in [1.807, 2.05) is 31.4 Å². The third-order valence-corrected chi connectivity index (χ3v) is 3.60. The van der Waals surface area contributed by atoms with Crippen LogP contribution < -0.4 is 0 Å². The molecule has 21 heavy (non-hydrogen) atoms. The van der Waals surface area contributed by atoms with E-state index in [0.717, 1.165) is 16.9 Å². The van der Waals surface area contributed by atoms with E-state index in [-0.39, 0.29) is 11.9 Å². The molecular weight excluding hydrogens is 290 g/mol. The quantitative estimate of drug-likeness (QED) is 0.629. The van der Waals surface area contributed by atoms with Crippen LogP contribution >= 0.6 is 11.6 Å². The van der Waals surface area contributed by atoms with Gasteiger partial charge < -0.3 is 4.74 Å². The van der Waals surface area contributed by atoms with Gasteiger partial charge in [0.05, 0.1) is 7.11 Å². The summed E-state index contributed by atoms with van der Waals surface area (Å²) in [5, 5.41) is 0. The Labute approximate surface area is 129 Å². The van der Waals surface area contributed by atoms with E-state index in [2.05, 4.69) is 9.97 Å². The molecule has 114 valence electrons. The fraction of sp³-hybridized carbons (Fsp3) is 0.533. The lowest BCUT2D eigenvalue weighted by atomic mass is 10.0. The standard InChI is InChI=1S/C15H20ClN3O2/c1-9(2)13(15(20)21-4)19-12(5-6-16)18-11-7-10(3)8-17-14(11)19/h7-9,13H,5-6H2,1-4H3. The minimum absolute atomic E-state index is 0.0621. The van der Waals surface area contributed by atoms with Gasteiger partial charge in [0.2, 0.25) is 0 Å². The van der Waals surface area contributed by atoms with Crippen LogP contribution in [0.15, 0.2) is 12.3 Å². The van der Waals surface area contributed by atoms with Gasteiger partial charge in [-0.15, -0.1) is 11.6 Å². The van der Waals surface area contributed by atoms with Crippen molar-refractivity contribution in [3.63, 3.8) is 0 Å². The number of carbonyl (C=O) groups excluding carboxylic acids is 1. The Hall–Kier alpha value is -1.62. The summed E-state index contributed by atoms with van der Waals surface area (Å²) in [5.74, 6) is 0.977. The van der Waals surface area contributed by atoms with Gasteiger partial charge in [-0.1, -0.05) is 13.8 Å². The average molecular weight is 310 g/mol. The Morgan fingerprint density at radius 1 is 1.48 bits per heavy atom. The SMILES string of the molecule is COC(=O)C(C(C)C)n1c(CCCl)nc2cc(C)cnc21. The van der Waals surface area contributed by atoms with Crippen LogP contribution in [0.5, 0.6) is 0 Å². The van der Waals surface area contributed by atoms with E-state index in [4.69, 9.17) is 16.3 Å². The second kappa shape index (κ2) is 6.43. The highest BCUT2D eigenvalue weighted by molar-refractivity contribution is 6.17. The molecule has 2 aromatic rings. The molecule has 0 radical (unpaired) electrons. The summed E-state index contributed by atoms with van der Waals surface area (Å²) in [6.07, 6.45) is 2.36. The second-order valence-corrected chi connectivity index (χ2v) is 5.78. The monoisotopic (exact) mass is 309 g/mol. The topological polar surface area (TPSA) is 57.0 Å². The summed E-state index contributed by atoms with van der Waals surface area (Å²) in [6.45, 7) is 5.92. The van der Waals surface area contributed by atoms with Crippen LogP contribution in [0.4, 0.5) is 0 Å². The molecule has 0 saturated carbocycles. The van der Waals surface area contributed by atoms with E-state index in [1.54, 1.807) is 6.20 Å². The lowest BCUT2D eigenvalue weighted by Crippen LogP contribution is -2.27. The Morgan fingerprint density at radius 3 is 2.76 bits per heavy atom. The highest BCUT2D eigenvalue weighted by Gasteiger charge is 2.29. The Morgan fingerprint density at radius 2 is 2.19 bits per heavy atom. The zero-order valence-corrected chi connectivity index (χ0v) is 13.5. The van der Waals surface area contributed by atoms with Crippen LogP contribution in [0, 0.1) is 12.8 Å². The highest BCUT2D eigenvalue weighted by Crippen LogP contribution is 2.27. The van der Waals surface area contributed by atoms with Crippen molar-refractivity contribution < 1.29 is 9.53 Å². The van der Waals surface area contributed by atoms with E-state index < -0.39 is 6.04 Å². The van der Waals surface area contributed by atoms with Gasteiger partial charge in [-0.25, -0.2) is 14.8 Å². The number of methoxy groups -OCH3 is 1. The van der Waals surface area contributed by atoms with Crippen LogP contribution in [-0.2, 0) is 16.0 Å². The number of aryl methyl sites for hydroxylation is 2. The lowest BCUT2D eigenvalue weighted by molar-refractivity contribution is -0.146. The van der Waals surface area contributed by atoms with E-state index >= 15 is 0 Å². The predicted molar refractivity (Wildman–Crippen MR) is 82.6 cm³/mol. The molecule has 1 atom stereocenters. The molecule has 0 aliphatic carbocycles. The first-order chi connectivity index (χ1) is 9.99. The molecule has 2 aromatic heterocycles. The molecular formula is C15H20ClN3O2. The normalized spacial score (nSPS) is 12.9. The van der Waals surface area contributed by atoms with Gasteiger partial charge in [0.25, 0.3) is 0 Å². The summed E-state index contributed by atoms with van der Waals surface area (Å²) in [6, 6.07) is 1.51. The van der Waals surface area contributed by atoms with Crippen LogP contribution in [0.3, 0.4) is 0 Å². The number of imidazole rings is 1. The Balaban J connectivity index is 2.68. The van der Waals surface area contributed by atoms with Gasteiger partial charge in [0.15, 0.2) is 5.65 Å². The van der Waals surface area contributed by atoms with Gasteiger partial charge in [0, 0.05) is 18.5 Å². The molecule has 1 unspecified atom stereocenters. The highest BCUT2D eigenvalue weighted by atomic mass is 35.5. The molecule has 0 aromatic carbocycles. The summed E-state index contributed by atoms with van der Waals surface area (Å²) < 4.78 is 6.82. The molecule has 0 N–H and O–H groups in total. The van der Waals surface area contributed by atoms with Crippen molar-refractivity contribution in [3.05, 3.63) is 23.7 Å². The molecule has 0 amide bonds. The molecule has 5 nitrogen and oxygen atoms in total. The average Bonchev–Trinajstić information content (AvgIpc) is 2.76. The van der Waals surface area contributed by atoms with Crippen molar-refractivity contribution in [1.29, 1.82) is 0 Å². The maximum Gasteiger partial charge on any atom is 0.329 e. The van der Waals surface area contributed by atoms with E-state index in [1.165, 1.54) is 7.11 Å². The number of hydrogen-bond donors (Lipinski definition) is 0. The summed E-state index contributed by atoms with van der Waals surface area (Å²) in [7, 11) is 1.40. The number of aromatic nitrogens is 3. The van der Waals surface area contributed by atoms with Gasteiger partial charge in [0.1, 0.15) is 17.4 Å². The van der Waals surface area contributed by atoms with Crippen molar-refractivity contribution in [2.75, 3.05) is 13.0 Å². The molecule has 0 saturated heterocycles. The first kappa shape index (κ1) is 15.8. The van der Waals surface area contributed by atoms with Crippen molar-refractivity contribution in [2.24, 2.45) is 5.92 Å². The number of ether oxygens (including phenoxy) is 1. The number of fused-ring (bicyclic) bond motifs is 1. The molecule has 6 heteroatoms. The first-order valence-electron chi connectivity index (χ1n) is 6.96.